The summed E-state index contributed by atoms with van der Waals surface area (Å²) in [5.74, 6) is -0.0698. The van der Waals surface area contributed by atoms with E-state index in [2.05, 4.69) is 4.90 Å². The van der Waals surface area contributed by atoms with Crippen LogP contribution in [0.3, 0.4) is 0 Å². The molecule has 0 saturated carbocycles. The molecule has 2 fully saturated rings. The maximum Gasteiger partial charge on any atom is 0.332 e. The van der Waals surface area contributed by atoms with Crippen LogP contribution in [0.2, 0.25) is 0 Å². The molecule has 2 aromatic rings. The number of ketones is 1. The lowest BCUT2D eigenvalue weighted by Gasteiger charge is -2.35. The van der Waals surface area contributed by atoms with Crippen LogP contribution in [0.4, 0.5) is 10.5 Å². The van der Waals surface area contributed by atoms with Crippen molar-refractivity contribution in [1.82, 2.24) is 9.80 Å². The number of hydrogen-bond acceptors (Lipinski definition) is 4. The number of para-hydroxylation sites is 1. The van der Waals surface area contributed by atoms with Crippen LogP contribution < -0.4 is 4.90 Å². The van der Waals surface area contributed by atoms with Gasteiger partial charge in [-0.1, -0.05) is 48.5 Å². The van der Waals surface area contributed by atoms with Crippen LogP contribution in [0.15, 0.2) is 60.7 Å². The van der Waals surface area contributed by atoms with Gasteiger partial charge < -0.3 is 4.90 Å². The Kier molecular flexibility index (Phi) is 5.21. The predicted octanol–water partition coefficient (Wildman–Crippen LogP) is 2.80. The normalized spacial score (nSPS) is 18.7. The lowest BCUT2D eigenvalue weighted by molar-refractivity contribution is -0.116. The molecular weight excluding hydrogens is 354 g/mol. The Bertz CT molecular complexity index is 861. The number of benzene rings is 2. The van der Waals surface area contributed by atoms with Gasteiger partial charge in [-0.05, 0) is 25.0 Å². The molecule has 0 aliphatic carbocycles. The van der Waals surface area contributed by atoms with Crippen molar-refractivity contribution in [2.24, 2.45) is 0 Å². The fourth-order valence-electron chi connectivity index (χ4n) is 3.94. The van der Waals surface area contributed by atoms with Gasteiger partial charge in [0.25, 0.3) is 5.91 Å². The molecule has 28 heavy (non-hydrogen) atoms. The molecule has 0 radical (unpaired) electrons. The average Bonchev–Trinajstić information content (AvgIpc) is 3.04. The number of carbonyl (C=O) groups excluding carboxylic acids is 3. The number of anilines is 1. The summed E-state index contributed by atoms with van der Waals surface area (Å²) < 4.78 is 0. The predicted molar refractivity (Wildman–Crippen MR) is 106 cm³/mol. The molecule has 2 aromatic carbocycles. The van der Waals surface area contributed by atoms with Gasteiger partial charge in [0.2, 0.25) is 0 Å². The van der Waals surface area contributed by atoms with E-state index in [9.17, 15) is 14.4 Å². The minimum atomic E-state index is -0.241. The van der Waals surface area contributed by atoms with Gasteiger partial charge in [0.15, 0.2) is 5.78 Å². The Hall–Kier alpha value is -2.99. The number of likely N-dealkylation sites (tertiary alicyclic amines) is 1. The molecule has 0 aromatic heterocycles. The zero-order valence-electron chi connectivity index (χ0n) is 15.7. The summed E-state index contributed by atoms with van der Waals surface area (Å²) in [6.45, 7) is 2.00. The van der Waals surface area contributed by atoms with Crippen molar-refractivity contribution in [1.29, 1.82) is 0 Å². The lowest BCUT2D eigenvalue weighted by Crippen LogP contribution is -2.47. The van der Waals surface area contributed by atoms with E-state index in [1.807, 2.05) is 48.5 Å². The third kappa shape index (κ3) is 3.68. The fourth-order valence-corrected chi connectivity index (χ4v) is 3.94. The quantitative estimate of drug-likeness (QED) is 0.594. The largest absolute Gasteiger partial charge is 0.332 e. The average molecular weight is 377 g/mol. The van der Waals surface area contributed by atoms with Crippen LogP contribution >= 0.6 is 0 Å². The topological polar surface area (TPSA) is 60.9 Å². The molecule has 0 unspecified atom stereocenters. The molecule has 2 aliphatic rings. The Labute approximate surface area is 164 Å². The van der Waals surface area contributed by atoms with Gasteiger partial charge >= 0.3 is 6.03 Å². The molecule has 2 saturated heterocycles. The SMILES string of the molecule is O=C(CN1CCC(N2CC(=O)N(c3ccccc3)C2=O)CC1)c1ccccc1. The van der Waals surface area contributed by atoms with E-state index >= 15 is 0 Å². The van der Waals surface area contributed by atoms with Crippen LogP contribution in [0.1, 0.15) is 23.2 Å². The van der Waals surface area contributed by atoms with Crippen molar-refractivity contribution < 1.29 is 14.4 Å². The summed E-state index contributed by atoms with van der Waals surface area (Å²) in [4.78, 5) is 42.7. The number of rotatable bonds is 5. The molecule has 2 heterocycles. The Morgan fingerprint density at radius 1 is 0.893 bits per heavy atom. The highest BCUT2D eigenvalue weighted by Crippen LogP contribution is 2.26. The zero-order chi connectivity index (χ0) is 19.5. The standard InChI is InChI=1S/C22H23N3O3/c26-20(17-7-3-1-4-8-17)15-23-13-11-18(12-14-23)24-16-21(27)25(22(24)28)19-9-5-2-6-10-19/h1-10,18H,11-16H2. The highest BCUT2D eigenvalue weighted by molar-refractivity contribution is 6.19. The monoisotopic (exact) mass is 377 g/mol. The van der Waals surface area contributed by atoms with Gasteiger partial charge in [0.05, 0.1) is 12.2 Å². The molecule has 6 heteroatoms. The Morgan fingerprint density at radius 2 is 1.50 bits per heavy atom. The minimum Gasteiger partial charge on any atom is -0.312 e. The summed E-state index contributed by atoms with van der Waals surface area (Å²) in [5, 5.41) is 0. The van der Waals surface area contributed by atoms with E-state index in [1.54, 1.807) is 17.0 Å². The highest BCUT2D eigenvalue weighted by Gasteiger charge is 2.41. The first kappa shape index (κ1) is 18.4. The van der Waals surface area contributed by atoms with E-state index in [0.29, 0.717) is 12.2 Å². The molecule has 3 amide bonds. The number of imide groups is 1. The van der Waals surface area contributed by atoms with Crippen LogP contribution in [0.25, 0.3) is 0 Å². The fraction of sp³-hybridized carbons (Fsp3) is 0.318. The molecule has 0 bridgehead atoms. The third-order valence-electron chi connectivity index (χ3n) is 5.47. The molecule has 6 nitrogen and oxygen atoms in total. The van der Waals surface area contributed by atoms with Crippen molar-refractivity contribution in [2.45, 2.75) is 18.9 Å². The molecule has 144 valence electrons. The number of amides is 3. The molecular formula is C22H23N3O3. The maximum atomic E-state index is 12.8. The van der Waals surface area contributed by atoms with E-state index in [0.717, 1.165) is 31.5 Å². The maximum absolute atomic E-state index is 12.8. The summed E-state index contributed by atoms with van der Waals surface area (Å²) in [6.07, 6.45) is 1.54. The summed E-state index contributed by atoms with van der Waals surface area (Å²) in [7, 11) is 0. The van der Waals surface area contributed by atoms with Gasteiger partial charge in [0, 0.05) is 24.7 Å². The number of carbonyl (C=O) groups is 3. The molecule has 4 rings (SSSR count). The third-order valence-corrected chi connectivity index (χ3v) is 5.47. The van der Waals surface area contributed by atoms with Gasteiger partial charge in [-0.3, -0.25) is 14.5 Å². The van der Waals surface area contributed by atoms with Crippen molar-refractivity contribution >= 4 is 23.4 Å². The first-order valence-corrected chi connectivity index (χ1v) is 9.62. The van der Waals surface area contributed by atoms with Gasteiger partial charge in [-0.15, -0.1) is 0 Å². The summed E-state index contributed by atoms with van der Waals surface area (Å²) in [5.41, 5.74) is 1.34. The molecule has 0 atom stereocenters. The highest BCUT2D eigenvalue weighted by atomic mass is 16.2. The van der Waals surface area contributed by atoms with Crippen LogP contribution in [-0.4, -0.2) is 59.7 Å². The van der Waals surface area contributed by atoms with Crippen molar-refractivity contribution in [3.63, 3.8) is 0 Å². The number of urea groups is 1. The second kappa shape index (κ2) is 7.94. The Balaban J connectivity index is 1.35. The molecule has 2 aliphatic heterocycles. The van der Waals surface area contributed by atoms with Crippen molar-refractivity contribution in [2.75, 3.05) is 31.1 Å². The number of Topliss-reactive ketones (excluding diaryl/α,β-unsaturated/α-hetero) is 1. The summed E-state index contributed by atoms with van der Waals surface area (Å²) >= 11 is 0. The van der Waals surface area contributed by atoms with E-state index in [1.165, 1.54) is 4.90 Å². The zero-order valence-corrected chi connectivity index (χ0v) is 15.7. The van der Waals surface area contributed by atoms with Crippen molar-refractivity contribution in [3.05, 3.63) is 66.2 Å². The van der Waals surface area contributed by atoms with Gasteiger partial charge in [0.1, 0.15) is 6.54 Å². The number of nitrogens with zero attached hydrogens (tertiary/aromatic N) is 3. The number of piperidine rings is 1. The first-order valence-electron chi connectivity index (χ1n) is 9.62. The molecule has 0 N–H and O–H groups in total. The second-order valence-corrected chi connectivity index (χ2v) is 7.27. The van der Waals surface area contributed by atoms with Gasteiger partial charge in [-0.25, -0.2) is 9.69 Å². The van der Waals surface area contributed by atoms with Crippen LogP contribution in [-0.2, 0) is 4.79 Å². The van der Waals surface area contributed by atoms with E-state index in [-0.39, 0.29) is 30.3 Å². The van der Waals surface area contributed by atoms with Crippen molar-refractivity contribution in [3.8, 4) is 0 Å². The first-order chi connectivity index (χ1) is 13.6. The van der Waals surface area contributed by atoms with E-state index < -0.39 is 0 Å². The Morgan fingerprint density at radius 3 is 2.14 bits per heavy atom. The number of hydrogen-bond donors (Lipinski definition) is 0. The lowest BCUT2D eigenvalue weighted by atomic mass is 10.0. The summed E-state index contributed by atoms with van der Waals surface area (Å²) in [6, 6.07) is 18.2. The van der Waals surface area contributed by atoms with E-state index in [4.69, 9.17) is 0 Å². The van der Waals surface area contributed by atoms with Crippen LogP contribution in [0.5, 0.6) is 0 Å². The second-order valence-electron chi connectivity index (χ2n) is 7.27. The molecule has 0 spiro atoms. The van der Waals surface area contributed by atoms with Crippen LogP contribution in [0, 0.1) is 0 Å². The minimum absolute atomic E-state index is 0.0354. The smallest absolute Gasteiger partial charge is 0.312 e. The van der Waals surface area contributed by atoms with Gasteiger partial charge in [-0.2, -0.15) is 0 Å².